The summed E-state index contributed by atoms with van der Waals surface area (Å²) < 4.78 is 0. The lowest BCUT2D eigenvalue weighted by Gasteiger charge is -2.61. The summed E-state index contributed by atoms with van der Waals surface area (Å²) in [4.78, 5) is 0. The highest BCUT2D eigenvalue weighted by Gasteiger charge is 2.62. The molecular weight excluding hydrogens is 376 g/mol. The number of fused-ring (bicyclic) bond motifs is 5. The summed E-state index contributed by atoms with van der Waals surface area (Å²) in [6, 6.07) is 0. The Morgan fingerprint density at radius 1 is 0.935 bits per heavy atom. The van der Waals surface area contributed by atoms with Gasteiger partial charge in [-0.1, -0.05) is 86.8 Å². The van der Waals surface area contributed by atoms with Gasteiger partial charge in [-0.3, -0.25) is 0 Å². The second-order valence-corrected chi connectivity index (χ2v) is 13.7. The Hall–Kier alpha value is -0.560. The Morgan fingerprint density at radius 3 is 2.32 bits per heavy atom. The molecular formula is C30H50O. The van der Waals surface area contributed by atoms with Crippen LogP contribution < -0.4 is 0 Å². The molecule has 4 aliphatic carbocycles. The molecule has 0 radical (unpaired) electrons. The summed E-state index contributed by atoms with van der Waals surface area (Å²) in [5, 5.41) is 10.8. The Kier molecular flexibility index (Phi) is 5.90. The number of hydrogen-bond acceptors (Lipinski definition) is 1. The minimum Gasteiger partial charge on any atom is -0.393 e. The SMILES string of the molecule is CC(C)CCCC(C)[C@H]1CC[C@@]2(C)C3=CCC4C(C)(C)[C@@H](O)CC[C@]4(C)C3=CC[C@]12C. The minimum atomic E-state index is -0.159. The average molecular weight is 427 g/mol. The average Bonchev–Trinajstić information content (AvgIpc) is 2.96. The molecule has 1 heteroatoms. The molecule has 2 fully saturated rings. The number of allylic oxidation sites excluding steroid dienone is 4. The lowest BCUT2D eigenvalue weighted by Crippen LogP contribution is -2.54. The molecule has 0 aromatic carbocycles. The number of hydrogen-bond donors (Lipinski definition) is 1. The molecule has 7 atom stereocenters. The molecule has 0 heterocycles. The molecule has 1 nitrogen and oxygen atoms in total. The van der Waals surface area contributed by atoms with E-state index in [0.29, 0.717) is 16.7 Å². The molecule has 0 aromatic rings. The van der Waals surface area contributed by atoms with Crippen molar-refractivity contribution in [1.82, 2.24) is 0 Å². The summed E-state index contributed by atoms with van der Waals surface area (Å²) in [6.07, 6.45) is 16.6. The summed E-state index contributed by atoms with van der Waals surface area (Å²) in [7, 11) is 0. The van der Waals surface area contributed by atoms with Gasteiger partial charge in [0.15, 0.2) is 0 Å². The van der Waals surface area contributed by atoms with Crippen molar-refractivity contribution in [2.24, 2.45) is 45.3 Å². The maximum Gasteiger partial charge on any atom is 0.0594 e. The molecule has 0 aliphatic heterocycles. The fourth-order valence-electron chi connectivity index (χ4n) is 8.99. The van der Waals surface area contributed by atoms with Gasteiger partial charge >= 0.3 is 0 Å². The summed E-state index contributed by atoms with van der Waals surface area (Å²) in [5.41, 5.74) is 4.34. The van der Waals surface area contributed by atoms with Gasteiger partial charge in [-0.25, -0.2) is 0 Å². The monoisotopic (exact) mass is 426 g/mol. The van der Waals surface area contributed by atoms with E-state index in [1.54, 1.807) is 11.1 Å². The van der Waals surface area contributed by atoms with E-state index in [2.05, 4.69) is 67.5 Å². The van der Waals surface area contributed by atoms with Gasteiger partial charge in [0.25, 0.3) is 0 Å². The van der Waals surface area contributed by atoms with Crippen molar-refractivity contribution in [2.45, 2.75) is 119 Å². The van der Waals surface area contributed by atoms with Crippen LogP contribution in [0, 0.1) is 45.3 Å². The van der Waals surface area contributed by atoms with E-state index < -0.39 is 0 Å². The van der Waals surface area contributed by atoms with Crippen molar-refractivity contribution in [2.75, 3.05) is 0 Å². The summed E-state index contributed by atoms with van der Waals surface area (Å²) in [5.74, 6) is 3.06. The predicted molar refractivity (Wildman–Crippen MR) is 133 cm³/mol. The first kappa shape index (κ1) is 23.6. The van der Waals surface area contributed by atoms with Crippen LogP contribution in [0.1, 0.15) is 113 Å². The third kappa shape index (κ3) is 3.34. The van der Waals surface area contributed by atoms with Gasteiger partial charge in [-0.15, -0.1) is 0 Å². The molecule has 0 bridgehead atoms. The van der Waals surface area contributed by atoms with Gasteiger partial charge in [-0.2, -0.15) is 0 Å². The van der Waals surface area contributed by atoms with Crippen molar-refractivity contribution in [1.29, 1.82) is 0 Å². The Balaban J connectivity index is 1.64. The van der Waals surface area contributed by atoms with Crippen LogP contribution in [0.5, 0.6) is 0 Å². The Labute approximate surface area is 193 Å². The topological polar surface area (TPSA) is 20.2 Å². The van der Waals surface area contributed by atoms with Crippen LogP contribution in [0.15, 0.2) is 23.3 Å². The van der Waals surface area contributed by atoms with Crippen LogP contribution in [0.4, 0.5) is 0 Å². The van der Waals surface area contributed by atoms with E-state index in [1.165, 1.54) is 38.5 Å². The van der Waals surface area contributed by atoms with Crippen LogP contribution in [0.25, 0.3) is 0 Å². The van der Waals surface area contributed by atoms with Crippen LogP contribution in [-0.2, 0) is 0 Å². The van der Waals surface area contributed by atoms with Gasteiger partial charge in [0.2, 0.25) is 0 Å². The molecule has 2 unspecified atom stereocenters. The van der Waals surface area contributed by atoms with Crippen molar-refractivity contribution in [3.8, 4) is 0 Å². The Morgan fingerprint density at radius 2 is 1.65 bits per heavy atom. The predicted octanol–water partition coefficient (Wildman–Crippen LogP) is 8.34. The highest BCUT2D eigenvalue weighted by molar-refractivity contribution is 5.49. The first-order valence-corrected chi connectivity index (χ1v) is 13.5. The van der Waals surface area contributed by atoms with Crippen molar-refractivity contribution < 1.29 is 5.11 Å². The fraction of sp³-hybridized carbons (Fsp3) is 0.867. The van der Waals surface area contributed by atoms with E-state index in [4.69, 9.17) is 0 Å². The largest absolute Gasteiger partial charge is 0.393 e. The van der Waals surface area contributed by atoms with E-state index >= 15 is 0 Å². The van der Waals surface area contributed by atoms with Gasteiger partial charge in [-0.05, 0) is 95.0 Å². The minimum absolute atomic E-state index is 0.000660. The van der Waals surface area contributed by atoms with Gasteiger partial charge in [0.1, 0.15) is 0 Å². The lowest BCUT2D eigenvalue weighted by molar-refractivity contribution is -0.0851. The second kappa shape index (κ2) is 7.75. The van der Waals surface area contributed by atoms with Crippen LogP contribution in [0.3, 0.4) is 0 Å². The molecule has 1 N–H and O–H groups in total. The summed E-state index contributed by atoms with van der Waals surface area (Å²) in [6.45, 7) is 19.7. The molecule has 0 amide bonds. The molecule has 0 aromatic heterocycles. The number of aliphatic hydroxyl groups excluding tert-OH is 1. The third-order valence-corrected chi connectivity index (χ3v) is 11.4. The van der Waals surface area contributed by atoms with Gasteiger partial charge in [0, 0.05) is 0 Å². The zero-order valence-electron chi connectivity index (χ0n) is 21.9. The lowest BCUT2D eigenvalue weighted by atomic mass is 9.44. The van der Waals surface area contributed by atoms with Crippen LogP contribution in [-0.4, -0.2) is 11.2 Å². The highest BCUT2D eigenvalue weighted by Crippen LogP contribution is 2.71. The smallest absolute Gasteiger partial charge is 0.0594 e. The van der Waals surface area contributed by atoms with Gasteiger partial charge in [0.05, 0.1) is 6.10 Å². The standard InChI is InChI=1S/C30H50O/c1-20(2)10-9-11-21(3)22-14-18-30(8)24-12-13-25-27(4,5)26(31)16-17-28(25,6)23(24)15-19-29(22,30)7/h12,15,20-22,25-26,31H,9-11,13-14,16-19H2,1-8H3/t21?,22-,25?,26+,28-,29-,30+/m1/s1. The maximum absolute atomic E-state index is 10.8. The van der Waals surface area contributed by atoms with Crippen molar-refractivity contribution >= 4 is 0 Å². The molecule has 2 saturated carbocycles. The molecule has 4 aliphatic rings. The van der Waals surface area contributed by atoms with Crippen LogP contribution in [0.2, 0.25) is 0 Å². The van der Waals surface area contributed by atoms with E-state index in [1.807, 2.05) is 0 Å². The quantitative estimate of drug-likeness (QED) is 0.468. The van der Waals surface area contributed by atoms with Crippen molar-refractivity contribution in [3.05, 3.63) is 23.3 Å². The zero-order chi connectivity index (χ0) is 22.8. The van der Waals surface area contributed by atoms with Crippen LogP contribution >= 0.6 is 0 Å². The van der Waals surface area contributed by atoms with E-state index in [-0.39, 0.29) is 16.9 Å². The molecule has 4 rings (SSSR count). The number of aliphatic hydroxyl groups is 1. The molecule has 0 spiro atoms. The maximum atomic E-state index is 10.8. The first-order chi connectivity index (χ1) is 14.4. The third-order valence-electron chi connectivity index (χ3n) is 11.4. The normalized spacial score (nSPS) is 44.8. The Bertz CT molecular complexity index is 756. The second-order valence-electron chi connectivity index (χ2n) is 13.7. The first-order valence-electron chi connectivity index (χ1n) is 13.5. The zero-order valence-corrected chi connectivity index (χ0v) is 21.9. The van der Waals surface area contributed by atoms with E-state index in [9.17, 15) is 5.11 Å². The molecule has 176 valence electrons. The van der Waals surface area contributed by atoms with Crippen molar-refractivity contribution in [3.63, 3.8) is 0 Å². The summed E-state index contributed by atoms with van der Waals surface area (Å²) >= 11 is 0. The number of rotatable bonds is 5. The van der Waals surface area contributed by atoms with E-state index in [0.717, 1.165) is 37.0 Å². The fourth-order valence-corrected chi connectivity index (χ4v) is 8.99. The highest BCUT2D eigenvalue weighted by atomic mass is 16.3. The van der Waals surface area contributed by atoms with Gasteiger partial charge < -0.3 is 5.11 Å². The molecule has 31 heavy (non-hydrogen) atoms. The molecule has 0 saturated heterocycles.